The van der Waals surface area contributed by atoms with Gasteiger partial charge in [0, 0.05) is 48.8 Å². The van der Waals surface area contributed by atoms with Crippen LogP contribution in [0, 0.1) is 12.8 Å². The van der Waals surface area contributed by atoms with E-state index < -0.39 is 0 Å². The molecule has 7 heteroatoms. The molecule has 3 N–H and O–H groups in total. The maximum Gasteiger partial charge on any atom is 0.220 e. The molecule has 0 bridgehead atoms. The van der Waals surface area contributed by atoms with Crippen LogP contribution in [0.4, 0.5) is 11.4 Å². The van der Waals surface area contributed by atoms with E-state index in [-0.39, 0.29) is 17.9 Å². The summed E-state index contributed by atoms with van der Waals surface area (Å²) < 4.78 is 0. The molecule has 0 spiro atoms. The van der Waals surface area contributed by atoms with Crippen LogP contribution < -0.4 is 16.0 Å². The number of halogens is 2. The number of hydrogen-bond acceptors (Lipinski definition) is 4. The number of carbonyl (C=O) groups excluding carboxylic acids is 1. The van der Waals surface area contributed by atoms with Crippen molar-refractivity contribution in [1.29, 1.82) is 0 Å². The van der Waals surface area contributed by atoms with Gasteiger partial charge in [0.15, 0.2) is 0 Å². The van der Waals surface area contributed by atoms with Crippen molar-refractivity contribution in [3.63, 3.8) is 0 Å². The third-order valence-corrected chi connectivity index (χ3v) is 7.85. The van der Waals surface area contributed by atoms with Crippen molar-refractivity contribution in [1.82, 2.24) is 4.90 Å². The van der Waals surface area contributed by atoms with Gasteiger partial charge < -0.3 is 16.0 Å². The number of nitrogens with one attached hydrogen (secondary N) is 1. The fraction of sp³-hybridized carbons (Fsp3) is 0.500. The fourth-order valence-electron chi connectivity index (χ4n) is 5.21. The van der Waals surface area contributed by atoms with Crippen molar-refractivity contribution in [2.45, 2.75) is 51.6 Å². The van der Waals surface area contributed by atoms with Crippen LogP contribution in [0.2, 0.25) is 10.0 Å². The van der Waals surface area contributed by atoms with E-state index in [1.807, 2.05) is 19.1 Å². The predicted octanol–water partition coefficient (Wildman–Crippen LogP) is 5.64. The van der Waals surface area contributed by atoms with Crippen LogP contribution in [0.3, 0.4) is 0 Å². The smallest absolute Gasteiger partial charge is 0.220 e. The highest BCUT2D eigenvalue weighted by Crippen LogP contribution is 2.34. The van der Waals surface area contributed by atoms with Crippen molar-refractivity contribution in [2.24, 2.45) is 11.7 Å². The molecule has 2 aromatic rings. The van der Waals surface area contributed by atoms with Crippen LogP contribution in [0.15, 0.2) is 36.4 Å². The van der Waals surface area contributed by atoms with Gasteiger partial charge in [0.25, 0.3) is 0 Å². The molecule has 1 aliphatic carbocycles. The number of nitrogens with zero attached hydrogens (tertiary/aromatic N) is 2. The molecule has 0 radical (unpaired) electrons. The summed E-state index contributed by atoms with van der Waals surface area (Å²) in [5.41, 5.74) is 9.86. The van der Waals surface area contributed by atoms with Crippen molar-refractivity contribution in [3.05, 3.63) is 57.6 Å². The Hall–Kier alpha value is -1.95. The molecule has 1 aliphatic heterocycles. The zero-order valence-electron chi connectivity index (χ0n) is 19.5. The van der Waals surface area contributed by atoms with Gasteiger partial charge in [0.1, 0.15) is 0 Å². The third kappa shape index (κ3) is 5.76. The summed E-state index contributed by atoms with van der Waals surface area (Å²) >= 11 is 13.0. The molecule has 2 fully saturated rings. The first-order valence-corrected chi connectivity index (χ1v) is 12.7. The lowest BCUT2D eigenvalue weighted by Crippen LogP contribution is -2.52. The Kier molecular flexibility index (Phi) is 7.72. The minimum Gasteiger partial charge on any atom is -0.377 e. The molecule has 3 atom stereocenters. The number of rotatable bonds is 6. The molecular formula is C26H34Cl2N4O. The molecule has 1 heterocycles. The molecule has 1 saturated carbocycles. The number of hydrogen-bond donors (Lipinski definition) is 2. The molecule has 1 unspecified atom stereocenters. The standard InChI is InChI=1S/C26H34Cl2N4O/c1-17-6-8-22(24(28)14-17)18(2)30-25-16-21(7-9-23(25)27)32-12-10-31(11-13-32)20-5-3-4-19(15-20)26(29)33/h6-9,14,16,18-20,30H,3-5,10-13,15H2,1-2H3,(H2,29,33)/t18?,19-,20-/m1/s1. The van der Waals surface area contributed by atoms with Crippen LogP contribution in [-0.4, -0.2) is 43.0 Å². The van der Waals surface area contributed by atoms with Crippen molar-refractivity contribution in [3.8, 4) is 0 Å². The number of carbonyl (C=O) groups is 1. The summed E-state index contributed by atoms with van der Waals surface area (Å²) in [4.78, 5) is 16.6. The van der Waals surface area contributed by atoms with Gasteiger partial charge in [0.05, 0.1) is 16.8 Å². The number of primary amides is 1. The van der Waals surface area contributed by atoms with Crippen molar-refractivity contribution < 1.29 is 4.79 Å². The molecule has 1 amide bonds. The molecular weight excluding hydrogens is 455 g/mol. The first-order chi connectivity index (χ1) is 15.8. The monoisotopic (exact) mass is 488 g/mol. The van der Waals surface area contributed by atoms with Gasteiger partial charge in [-0.2, -0.15) is 0 Å². The van der Waals surface area contributed by atoms with Gasteiger partial charge in [-0.25, -0.2) is 0 Å². The van der Waals surface area contributed by atoms with Gasteiger partial charge in [-0.3, -0.25) is 9.69 Å². The second-order valence-electron chi connectivity index (χ2n) is 9.50. The van der Waals surface area contributed by atoms with Gasteiger partial charge in [0.2, 0.25) is 5.91 Å². The van der Waals surface area contributed by atoms with Crippen molar-refractivity contribution >= 4 is 40.5 Å². The lowest BCUT2D eigenvalue weighted by molar-refractivity contribution is -0.123. The Balaban J connectivity index is 1.39. The van der Waals surface area contributed by atoms with E-state index in [0.29, 0.717) is 11.1 Å². The van der Waals surface area contributed by atoms with E-state index in [1.165, 1.54) is 5.69 Å². The summed E-state index contributed by atoms with van der Waals surface area (Å²) in [6.07, 6.45) is 4.11. The molecule has 0 aromatic heterocycles. The maximum absolute atomic E-state index is 11.7. The Labute approximate surface area is 207 Å². The Morgan fingerprint density at radius 3 is 2.52 bits per heavy atom. The number of nitrogens with two attached hydrogens (primary N) is 1. The van der Waals surface area contributed by atoms with E-state index in [2.05, 4.69) is 46.3 Å². The van der Waals surface area contributed by atoms with Crippen LogP contribution in [-0.2, 0) is 4.79 Å². The Morgan fingerprint density at radius 2 is 1.82 bits per heavy atom. The van der Waals surface area contributed by atoms with E-state index in [0.717, 1.165) is 73.7 Å². The predicted molar refractivity (Wildman–Crippen MR) is 138 cm³/mol. The Bertz CT molecular complexity index is 990. The molecule has 33 heavy (non-hydrogen) atoms. The quantitative estimate of drug-likeness (QED) is 0.551. The normalized spacial score (nSPS) is 22.7. The van der Waals surface area contributed by atoms with E-state index in [4.69, 9.17) is 28.9 Å². The number of amides is 1. The largest absolute Gasteiger partial charge is 0.377 e. The average Bonchev–Trinajstić information content (AvgIpc) is 2.80. The molecule has 5 nitrogen and oxygen atoms in total. The lowest BCUT2D eigenvalue weighted by Gasteiger charge is -2.42. The Morgan fingerprint density at radius 1 is 1.06 bits per heavy atom. The zero-order chi connectivity index (χ0) is 23.5. The number of benzene rings is 2. The lowest BCUT2D eigenvalue weighted by atomic mass is 9.84. The van der Waals surface area contributed by atoms with Crippen LogP contribution >= 0.6 is 23.2 Å². The first-order valence-electron chi connectivity index (χ1n) is 11.9. The van der Waals surface area contributed by atoms with Gasteiger partial charge >= 0.3 is 0 Å². The third-order valence-electron chi connectivity index (χ3n) is 7.19. The van der Waals surface area contributed by atoms with Gasteiger partial charge in [-0.1, -0.05) is 41.8 Å². The van der Waals surface area contributed by atoms with E-state index in [1.54, 1.807) is 0 Å². The van der Waals surface area contributed by atoms with Crippen molar-refractivity contribution in [2.75, 3.05) is 36.4 Å². The minimum absolute atomic E-state index is 0.0344. The van der Waals surface area contributed by atoms with Crippen LogP contribution in [0.5, 0.6) is 0 Å². The first kappa shape index (κ1) is 24.2. The number of aryl methyl sites for hydroxylation is 1. The summed E-state index contributed by atoms with van der Waals surface area (Å²) in [7, 11) is 0. The van der Waals surface area contributed by atoms with Crippen LogP contribution in [0.1, 0.15) is 49.8 Å². The topological polar surface area (TPSA) is 61.6 Å². The summed E-state index contributed by atoms with van der Waals surface area (Å²) in [6, 6.07) is 12.8. The second kappa shape index (κ2) is 10.5. The molecule has 178 valence electrons. The summed E-state index contributed by atoms with van der Waals surface area (Å²) in [5, 5.41) is 5.01. The van der Waals surface area contributed by atoms with Gasteiger partial charge in [-0.15, -0.1) is 0 Å². The molecule has 2 aromatic carbocycles. The second-order valence-corrected chi connectivity index (χ2v) is 10.3. The number of anilines is 2. The highest BCUT2D eigenvalue weighted by Gasteiger charge is 2.31. The maximum atomic E-state index is 11.7. The number of piperazine rings is 1. The highest BCUT2D eigenvalue weighted by molar-refractivity contribution is 6.33. The summed E-state index contributed by atoms with van der Waals surface area (Å²) in [5.74, 6) is -0.101. The molecule has 2 aliphatic rings. The zero-order valence-corrected chi connectivity index (χ0v) is 21.0. The SMILES string of the molecule is Cc1ccc(C(C)Nc2cc(N3CCN([C@@H]4CCC[C@@H](C(N)=O)C4)CC3)ccc2Cl)c(Cl)c1. The molecule has 1 saturated heterocycles. The van der Waals surface area contributed by atoms with E-state index >= 15 is 0 Å². The van der Waals surface area contributed by atoms with Crippen LogP contribution in [0.25, 0.3) is 0 Å². The average molecular weight is 489 g/mol. The molecule has 4 rings (SSSR count). The fourth-order valence-corrected chi connectivity index (χ4v) is 5.79. The highest BCUT2D eigenvalue weighted by atomic mass is 35.5. The summed E-state index contributed by atoms with van der Waals surface area (Å²) in [6.45, 7) is 8.05. The van der Waals surface area contributed by atoms with E-state index in [9.17, 15) is 4.79 Å². The minimum atomic E-state index is -0.138. The van der Waals surface area contributed by atoms with Gasteiger partial charge in [-0.05, 0) is 68.5 Å².